The number of carbonyl (C=O) groups is 2. The molecule has 1 atom stereocenters. The van der Waals surface area contributed by atoms with Gasteiger partial charge < -0.3 is 24.8 Å². The number of carboxylic acids is 1. The molecular formula is C28H27BrN2O5. The molecule has 0 aromatic heterocycles. The average Bonchev–Trinajstić information content (AvgIpc) is 3.22. The van der Waals surface area contributed by atoms with Gasteiger partial charge in [-0.2, -0.15) is 0 Å². The number of carbonyl (C=O) groups excluding carboxylic acids is 1. The van der Waals surface area contributed by atoms with Gasteiger partial charge in [0.1, 0.15) is 12.6 Å². The summed E-state index contributed by atoms with van der Waals surface area (Å²) in [5.41, 5.74) is 6.31. The summed E-state index contributed by atoms with van der Waals surface area (Å²) >= 11 is 3.57. The predicted molar refractivity (Wildman–Crippen MR) is 141 cm³/mol. The van der Waals surface area contributed by atoms with Crippen LogP contribution in [-0.2, 0) is 20.7 Å². The topological polar surface area (TPSA) is 88.1 Å². The van der Waals surface area contributed by atoms with Gasteiger partial charge in [-0.1, -0.05) is 70.5 Å². The number of hydrogen-bond donors (Lipinski definition) is 2. The van der Waals surface area contributed by atoms with Crippen LogP contribution < -0.4 is 10.2 Å². The second kappa shape index (κ2) is 10.7. The number of benzene rings is 3. The maximum absolute atomic E-state index is 12.6. The number of rotatable bonds is 7. The molecule has 36 heavy (non-hydrogen) atoms. The van der Waals surface area contributed by atoms with Crippen LogP contribution in [0, 0.1) is 0 Å². The molecule has 5 rings (SSSR count). The Hall–Kier alpha value is -3.36. The standard InChI is InChI=1S/C28H27BrN2O5/c29-25-16-19(31-11-13-35-14-12-31)10-9-18(25)15-26(27(32)33)30-28(34)36-17-24-22-7-3-1-5-20(22)21-6-2-4-8-23(21)24/h1-10,16,24,26H,11-15,17H2,(H,30,34)(H,32,33). The summed E-state index contributed by atoms with van der Waals surface area (Å²) < 4.78 is 11.7. The SMILES string of the molecule is O=C(NC(Cc1ccc(N2CCOCC2)cc1Br)C(=O)O)OCC1c2ccccc2-c2ccccc21. The maximum atomic E-state index is 12.6. The van der Waals surface area contributed by atoms with E-state index in [1.165, 1.54) is 0 Å². The lowest BCUT2D eigenvalue weighted by Gasteiger charge is -2.29. The summed E-state index contributed by atoms with van der Waals surface area (Å²) in [6.45, 7) is 3.12. The number of nitrogens with one attached hydrogen (secondary N) is 1. The normalized spacial score (nSPS) is 15.6. The van der Waals surface area contributed by atoms with Gasteiger partial charge in [-0.15, -0.1) is 0 Å². The molecule has 1 saturated heterocycles. The Morgan fingerprint density at radius 1 is 1.03 bits per heavy atom. The number of halogens is 1. The van der Waals surface area contributed by atoms with Crippen molar-refractivity contribution in [2.45, 2.75) is 18.4 Å². The summed E-state index contributed by atoms with van der Waals surface area (Å²) in [7, 11) is 0. The van der Waals surface area contributed by atoms with Gasteiger partial charge in [-0.25, -0.2) is 9.59 Å². The molecular weight excluding hydrogens is 524 g/mol. The molecule has 1 heterocycles. The molecule has 1 unspecified atom stereocenters. The first-order valence-electron chi connectivity index (χ1n) is 12.0. The van der Waals surface area contributed by atoms with Gasteiger partial charge in [-0.05, 0) is 39.9 Å². The van der Waals surface area contributed by atoms with Crippen molar-refractivity contribution in [3.8, 4) is 11.1 Å². The Labute approximate surface area is 218 Å². The third-order valence-corrected chi connectivity index (χ3v) is 7.51. The molecule has 1 fully saturated rings. The number of fused-ring (bicyclic) bond motifs is 3. The lowest BCUT2D eigenvalue weighted by Crippen LogP contribution is -2.43. The van der Waals surface area contributed by atoms with Gasteiger partial charge in [0.15, 0.2) is 0 Å². The maximum Gasteiger partial charge on any atom is 0.407 e. The molecule has 3 aromatic carbocycles. The summed E-state index contributed by atoms with van der Waals surface area (Å²) in [4.78, 5) is 26.8. The molecule has 2 aliphatic rings. The Balaban J connectivity index is 1.23. The average molecular weight is 551 g/mol. The fraction of sp³-hybridized carbons (Fsp3) is 0.286. The molecule has 0 radical (unpaired) electrons. The van der Waals surface area contributed by atoms with Crippen LogP contribution in [0.25, 0.3) is 11.1 Å². The minimum Gasteiger partial charge on any atom is -0.480 e. The van der Waals surface area contributed by atoms with E-state index in [0.29, 0.717) is 13.2 Å². The molecule has 186 valence electrons. The highest BCUT2D eigenvalue weighted by Gasteiger charge is 2.30. The zero-order chi connectivity index (χ0) is 25.1. The highest BCUT2D eigenvalue weighted by Crippen LogP contribution is 2.44. The van der Waals surface area contributed by atoms with E-state index in [2.05, 4.69) is 38.3 Å². The fourth-order valence-corrected chi connectivity index (χ4v) is 5.45. The third kappa shape index (κ3) is 5.10. The highest BCUT2D eigenvalue weighted by molar-refractivity contribution is 9.10. The van der Waals surface area contributed by atoms with Crippen LogP contribution >= 0.6 is 15.9 Å². The first-order valence-corrected chi connectivity index (χ1v) is 12.8. The van der Waals surface area contributed by atoms with Crippen molar-refractivity contribution in [2.75, 3.05) is 37.8 Å². The predicted octanol–water partition coefficient (Wildman–Crippen LogP) is 4.82. The van der Waals surface area contributed by atoms with Crippen molar-refractivity contribution in [2.24, 2.45) is 0 Å². The lowest BCUT2D eigenvalue weighted by molar-refractivity contribution is -0.139. The van der Waals surface area contributed by atoms with Gasteiger partial charge in [0.2, 0.25) is 0 Å². The zero-order valence-electron chi connectivity index (χ0n) is 19.7. The van der Waals surface area contributed by atoms with Crippen molar-refractivity contribution in [3.63, 3.8) is 0 Å². The number of carboxylic acid groups (broad SMARTS) is 1. The lowest BCUT2D eigenvalue weighted by atomic mass is 9.98. The van der Waals surface area contributed by atoms with Crippen molar-refractivity contribution >= 4 is 33.7 Å². The van der Waals surface area contributed by atoms with E-state index in [4.69, 9.17) is 9.47 Å². The van der Waals surface area contributed by atoms with E-state index in [-0.39, 0.29) is 18.9 Å². The number of ether oxygens (including phenoxy) is 2. The molecule has 1 aliphatic heterocycles. The van der Waals surface area contributed by atoms with Crippen molar-refractivity contribution in [3.05, 3.63) is 87.9 Å². The van der Waals surface area contributed by atoms with E-state index < -0.39 is 18.1 Å². The summed E-state index contributed by atoms with van der Waals surface area (Å²) in [5, 5.41) is 12.3. The molecule has 0 spiro atoms. The number of aliphatic carboxylic acids is 1. The summed E-state index contributed by atoms with van der Waals surface area (Å²) in [6.07, 6.45) is -0.617. The Bertz CT molecular complexity index is 1230. The Morgan fingerprint density at radius 3 is 2.28 bits per heavy atom. The second-order valence-corrected chi connectivity index (χ2v) is 9.79. The van der Waals surface area contributed by atoms with E-state index in [9.17, 15) is 14.7 Å². The summed E-state index contributed by atoms with van der Waals surface area (Å²) in [6, 6.07) is 20.9. The molecule has 3 aromatic rings. The second-order valence-electron chi connectivity index (χ2n) is 8.94. The van der Waals surface area contributed by atoms with Gasteiger partial charge in [0, 0.05) is 35.6 Å². The zero-order valence-corrected chi connectivity index (χ0v) is 21.2. The van der Waals surface area contributed by atoms with Gasteiger partial charge in [0.25, 0.3) is 0 Å². The van der Waals surface area contributed by atoms with Crippen molar-refractivity contribution < 1.29 is 24.2 Å². The molecule has 1 aliphatic carbocycles. The number of hydrogen-bond acceptors (Lipinski definition) is 5. The first-order chi connectivity index (χ1) is 17.5. The third-order valence-electron chi connectivity index (χ3n) is 6.77. The van der Waals surface area contributed by atoms with Crippen LogP contribution in [-0.4, -0.2) is 56.1 Å². The van der Waals surface area contributed by atoms with Crippen LogP contribution in [0.5, 0.6) is 0 Å². The van der Waals surface area contributed by atoms with E-state index in [1.807, 2.05) is 54.6 Å². The van der Waals surface area contributed by atoms with Crippen molar-refractivity contribution in [1.82, 2.24) is 5.32 Å². The van der Waals surface area contributed by atoms with Crippen molar-refractivity contribution in [1.29, 1.82) is 0 Å². The smallest absolute Gasteiger partial charge is 0.407 e. The Morgan fingerprint density at radius 2 is 1.67 bits per heavy atom. The summed E-state index contributed by atoms with van der Waals surface area (Å²) in [5.74, 6) is -1.21. The fourth-order valence-electron chi connectivity index (χ4n) is 4.92. The van der Waals surface area contributed by atoms with E-state index >= 15 is 0 Å². The van der Waals surface area contributed by atoms with E-state index in [1.54, 1.807) is 0 Å². The molecule has 1 amide bonds. The first kappa shape index (κ1) is 24.3. The number of amides is 1. The number of nitrogens with zero attached hydrogens (tertiary/aromatic N) is 1. The van der Waals surface area contributed by atoms with Gasteiger partial charge in [0.05, 0.1) is 13.2 Å². The van der Waals surface area contributed by atoms with E-state index in [0.717, 1.165) is 51.1 Å². The minimum absolute atomic E-state index is 0.0895. The van der Waals surface area contributed by atoms with Crippen LogP contribution in [0.1, 0.15) is 22.6 Å². The monoisotopic (exact) mass is 550 g/mol. The molecule has 0 saturated carbocycles. The van der Waals surface area contributed by atoms with Crippen LogP contribution in [0.4, 0.5) is 10.5 Å². The van der Waals surface area contributed by atoms with Crippen LogP contribution in [0.3, 0.4) is 0 Å². The largest absolute Gasteiger partial charge is 0.480 e. The van der Waals surface area contributed by atoms with Crippen LogP contribution in [0.15, 0.2) is 71.2 Å². The minimum atomic E-state index is -1.12. The van der Waals surface area contributed by atoms with Gasteiger partial charge >= 0.3 is 12.1 Å². The highest BCUT2D eigenvalue weighted by atomic mass is 79.9. The molecule has 2 N–H and O–H groups in total. The van der Waals surface area contributed by atoms with Gasteiger partial charge in [-0.3, -0.25) is 0 Å². The molecule has 0 bridgehead atoms. The van der Waals surface area contributed by atoms with Crippen LogP contribution in [0.2, 0.25) is 0 Å². The molecule has 7 nitrogen and oxygen atoms in total. The molecule has 8 heteroatoms. The number of morpholine rings is 1. The quantitative estimate of drug-likeness (QED) is 0.438. The number of anilines is 1. The Kier molecular flexibility index (Phi) is 7.25. The number of alkyl carbamates (subject to hydrolysis) is 1.